The summed E-state index contributed by atoms with van der Waals surface area (Å²) >= 11 is 1.78. The molecule has 0 atom stereocenters. The molecule has 0 saturated carbocycles. The molecule has 0 spiro atoms. The Kier molecular flexibility index (Phi) is 7.40. The number of hydrogen-bond donors (Lipinski definition) is 2. The molecule has 0 aliphatic rings. The number of rotatable bonds is 2. The molecule has 0 heterocycles. The second-order valence-corrected chi connectivity index (χ2v) is 3.18. The van der Waals surface area contributed by atoms with E-state index in [9.17, 15) is 4.39 Å². The van der Waals surface area contributed by atoms with Gasteiger partial charge < -0.3 is 14.7 Å². The SMILES string of the molecule is OB(O)Oc1ccc(F)c(I)c1.[KH]. The molecule has 0 aliphatic heterocycles. The minimum absolute atomic E-state index is 0. The molecule has 66 valence electrons. The summed E-state index contributed by atoms with van der Waals surface area (Å²) < 4.78 is 17.5. The van der Waals surface area contributed by atoms with Crippen molar-refractivity contribution in [1.29, 1.82) is 0 Å². The van der Waals surface area contributed by atoms with Crippen molar-refractivity contribution in [2.24, 2.45) is 0 Å². The minimum atomic E-state index is -1.87. The monoisotopic (exact) mass is 322 g/mol. The van der Waals surface area contributed by atoms with E-state index in [4.69, 9.17) is 10.0 Å². The van der Waals surface area contributed by atoms with Gasteiger partial charge in [-0.2, -0.15) is 0 Å². The van der Waals surface area contributed by atoms with Gasteiger partial charge in [-0.3, -0.25) is 0 Å². The molecule has 2 N–H and O–H groups in total. The Hall–Kier alpha value is 1.30. The number of hydrogen-bond acceptors (Lipinski definition) is 3. The van der Waals surface area contributed by atoms with Crippen LogP contribution >= 0.6 is 22.6 Å². The van der Waals surface area contributed by atoms with Crippen LogP contribution in [0.5, 0.6) is 5.75 Å². The molecule has 0 aromatic heterocycles. The quantitative estimate of drug-likeness (QED) is 0.601. The maximum absolute atomic E-state index is 12.6. The summed E-state index contributed by atoms with van der Waals surface area (Å²) in [6.07, 6.45) is 0. The van der Waals surface area contributed by atoms with Gasteiger partial charge >= 0.3 is 58.7 Å². The molecule has 1 aromatic rings. The molecule has 0 fully saturated rings. The van der Waals surface area contributed by atoms with Gasteiger partial charge in [0.2, 0.25) is 0 Å². The van der Waals surface area contributed by atoms with Crippen LogP contribution in [-0.2, 0) is 0 Å². The Morgan fingerprint density at radius 2 is 2.00 bits per heavy atom. The molecule has 0 unspecified atom stereocenters. The second kappa shape index (κ2) is 6.72. The maximum atomic E-state index is 12.6. The average Bonchev–Trinajstić information content (AvgIpc) is 1.96. The number of halogens is 2. The molecule has 3 nitrogen and oxygen atoms in total. The fourth-order valence-corrected chi connectivity index (χ4v) is 1.16. The molecule has 1 rings (SSSR count). The Balaban J connectivity index is 0.00000144. The topological polar surface area (TPSA) is 49.7 Å². The van der Waals surface area contributed by atoms with Gasteiger partial charge in [0, 0.05) is 0 Å². The van der Waals surface area contributed by atoms with E-state index >= 15 is 0 Å². The molecule has 0 saturated heterocycles. The molecule has 0 radical (unpaired) electrons. The van der Waals surface area contributed by atoms with Gasteiger partial charge in [0.25, 0.3) is 0 Å². The van der Waals surface area contributed by atoms with Gasteiger partial charge in [-0.1, -0.05) is 0 Å². The van der Waals surface area contributed by atoms with E-state index in [0.717, 1.165) is 0 Å². The molecule has 0 aliphatic carbocycles. The van der Waals surface area contributed by atoms with Crippen molar-refractivity contribution >= 4 is 81.3 Å². The third-order valence-corrected chi connectivity index (χ3v) is 1.96. The van der Waals surface area contributed by atoms with Crippen molar-refractivity contribution < 1.29 is 19.1 Å². The molecular formula is C6H6BFIKO3. The van der Waals surface area contributed by atoms with Crippen molar-refractivity contribution in [2.45, 2.75) is 0 Å². The van der Waals surface area contributed by atoms with Crippen molar-refractivity contribution in [3.63, 3.8) is 0 Å². The van der Waals surface area contributed by atoms with E-state index in [1.807, 2.05) is 0 Å². The predicted molar refractivity (Wildman–Crippen MR) is 57.1 cm³/mol. The fourth-order valence-electron chi connectivity index (χ4n) is 0.672. The molecule has 0 bridgehead atoms. The standard InChI is InChI=1S/C6H5BFIO3.K.H/c8-5-2-1-4(3-6(5)9)12-7(10)11;;/h1-3,10-11H;;. The average molecular weight is 322 g/mol. The van der Waals surface area contributed by atoms with E-state index < -0.39 is 7.32 Å². The Morgan fingerprint density at radius 3 is 2.46 bits per heavy atom. The van der Waals surface area contributed by atoms with Crippen LogP contribution in [0.25, 0.3) is 0 Å². The van der Waals surface area contributed by atoms with Gasteiger partial charge in [0.05, 0.1) is 3.57 Å². The van der Waals surface area contributed by atoms with Crippen LogP contribution in [0.2, 0.25) is 0 Å². The van der Waals surface area contributed by atoms with Crippen molar-refractivity contribution in [1.82, 2.24) is 0 Å². The van der Waals surface area contributed by atoms with E-state index in [1.54, 1.807) is 22.6 Å². The first-order chi connectivity index (χ1) is 5.59. The normalized spacial score (nSPS) is 8.92. The van der Waals surface area contributed by atoms with Crippen molar-refractivity contribution in [3.8, 4) is 5.75 Å². The zero-order chi connectivity index (χ0) is 9.14. The third-order valence-electron chi connectivity index (χ3n) is 1.13. The zero-order valence-corrected chi connectivity index (χ0v) is 8.03. The van der Waals surface area contributed by atoms with E-state index in [0.29, 0.717) is 3.57 Å². The third kappa shape index (κ3) is 5.07. The van der Waals surface area contributed by atoms with Crippen molar-refractivity contribution in [3.05, 3.63) is 27.6 Å². The first-order valence-electron chi connectivity index (χ1n) is 3.07. The summed E-state index contributed by atoms with van der Waals surface area (Å²) in [5.74, 6) is -0.147. The second-order valence-electron chi connectivity index (χ2n) is 2.02. The summed E-state index contributed by atoms with van der Waals surface area (Å²) in [6, 6.07) is 3.88. The van der Waals surface area contributed by atoms with Crippen LogP contribution in [0.4, 0.5) is 4.39 Å². The Bertz CT molecular complexity index is 287. The Labute approximate surface area is 131 Å². The molecule has 13 heavy (non-hydrogen) atoms. The van der Waals surface area contributed by atoms with Crippen LogP contribution in [-0.4, -0.2) is 68.8 Å². The first kappa shape index (κ1) is 14.3. The fraction of sp³-hybridized carbons (Fsp3) is 0. The summed E-state index contributed by atoms with van der Waals surface area (Å²) in [7, 11) is -1.87. The van der Waals surface area contributed by atoms with Gasteiger partial charge in [-0.25, -0.2) is 4.39 Å². The summed E-state index contributed by atoms with van der Waals surface area (Å²) in [5.41, 5.74) is 0. The van der Waals surface area contributed by atoms with Crippen LogP contribution in [0.3, 0.4) is 0 Å². The van der Waals surface area contributed by atoms with E-state index in [-0.39, 0.29) is 63.0 Å². The van der Waals surface area contributed by atoms with Gasteiger partial charge in [-0.05, 0) is 40.8 Å². The zero-order valence-electron chi connectivity index (χ0n) is 5.87. The summed E-state index contributed by atoms with van der Waals surface area (Å²) in [6.45, 7) is 0. The molecule has 7 heteroatoms. The summed E-state index contributed by atoms with van der Waals surface area (Å²) in [5, 5.41) is 16.8. The number of benzene rings is 1. The molecule has 1 aromatic carbocycles. The van der Waals surface area contributed by atoms with Gasteiger partial charge in [0.15, 0.2) is 0 Å². The first-order valence-corrected chi connectivity index (χ1v) is 4.15. The Morgan fingerprint density at radius 1 is 1.38 bits per heavy atom. The van der Waals surface area contributed by atoms with Gasteiger partial charge in [-0.15, -0.1) is 0 Å². The van der Waals surface area contributed by atoms with Crippen LogP contribution in [0.1, 0.15) is 0 Å². The van der Waals surface area contributed by atoms with Crippen LogP contribution in [0, 0.1) is 9.39 Å². The van der Waals surface area contributed by atoms with E-state index in [2.05, 4.69) is 4.65 Å². The van der Waals surface area contributed by atoms with Gasteiger partial charge in [0.1, 0.15) is 11.6 Å². The summed E-state index contributed by atoms with van der Waals surface area (Å²) in [4.78, 5) is 0. The molecule has 0 amide bonds. The van der Waals surface area contributed by atoms with E-state index in [1.165, 1.54) is 18.2 Å². The molecular weight excluding hydrogens is 316 g/mol. The van der Waals surface area contributed by atoms with Crippen LogP contribution in [0.15, 0.2) is 18.2 Å². The predicted octanol–water partition coefficient (Wildman–Crippen LogP) is 0.130. The van der Waals surface area contributed by atoms with Crippen molar-refractivity contribution in [2.75, 3.05) is 0 Å². The van der Waals surface area contributed by atoms with Crippen LogP contribution < -0.4 is 4.65 Å².